The van der Waals surface area contributed by atoms with Crippen LogP contribution in [0.1, 0.15) is 37.6 Å². The molecule has 1 amide bonds. The Balaban J connectivity index is 2.30. The monoisotopic (exact) mass is 431 g/mol. The van der Waals surface area contributed by atoms with Gasteiger partial charge < -0.3 is 19.4 Å². The number of aromatic nitrogens is 2. The first kappa shape index (κ1) is 23.9. The maximum absolute atomic E-state index is 12.6. The van der Waals surface area contributed by atoms with Crippen molar-refractivity contribution in [3.63, 3.8) is 0 Å². The van der Waals surface area contributed by atoms with Crippen molar-refractivity contribution in [1.82, 2.24) is 14.5 Å². The second-order valence-electron chi connectivity index (χ2n) is 8.29. The van der Waals surface area contributed by atoms with E-state index in [1.807, 2.05) is 0 Å². The van der Waals surface area contributed by atoms with Crippen LogP contribution in [0.15, 0.2) is 33.9 Å². The minimum absolute atomic E-state index is 0.145. The predicted octanol–water partition coefficient (Wildman–Crippen LogP) is 1.76. The fourth-order valence-corrected chi connectivity index (χ4v) is 2.98. The third kappa shape index (κ3) is 5.62. The van der Waals surface area contributed by atoms with E-state index in [1.165, 1.54) is 11.7 Å². The fraction of sp³-hybridized carbons (Fsp3) is 0.455. The lowest BCUT2D eigenvalue weighted by Crippen LogP contribution is -2.45. The standard InChI is InChI=1S/C22H29N3O6/c1-13-14(2)24(6)21(29)25(18(13)26)16-10-8-15(9-11-16)12-17(19(27)30-7)23-20(28)31-22(3,4)5/h8-11,17H,12H2,1-7H3,(H,23,28). The number of amides is 1. The van der Waals surface area contributed by atoms with Crippen LogP contribution in [0.3, 0.4) is 0 Å². The van der Waals surface area contributed by atoms with Crippen molar-refractivity contribution in [1.29, 1.82) is 0 Å². The highest BCUT2D eigenvalue weighted by Crippen LogP contribution is 2.12. The van der Waals surface area contributed by atoms with Crippen LogP contribution >= 0.6 is 0 Å². The molecule has 2 rings (SSSR count). The van der Waals surface area contributed by atoms with E-state index in [9.17, 15) is 19.2 Å². The van der Waals surface area contributed by atoms with Crippen molar-refractivity contribution in [3.8, 4) is 5.69 Å². The molecule has 0 aliphatic rings. The largest absolute Gasteiger partial charge is 0.467 e. The Kier molecular flexibility index (Phi) is 7.09. The van der Waals surface area contributed by atoms with Gasteiger partial charge in [0.1, 0.15) is 11.6 Å². The Morgan fingerprint density at radius 1 is 1.10 bits per heavy atom. The molecule has 31 heavy (non-hydrogen) atoms. The van der Waals surface area contributed by atoms with Crippen molar-refractivity contribution in [3.05, 3.63) is 61.9 Å². The first-order chi connectivity index (χ1) is 14.4. The maximum Gasteiger partial charge on any atom is 0.408 e. The quantitative estimate of drug-likeness (QED) is 0.723. The normalized spacial score (nSPS) is 12.2. The Bertz CT molecular complexity index is 1050. The molecule has 0 bridgehead atoms. The van der Waals surface area contributed by atoms with E-state index in [2.05, 4.69) is 5.32 Å². The molecule has 0 aliphatic carbocycles. The van der Waals surface area contributed by atoms with E-state index in [0.717, 1.165) is 4.57 Å². The third-order valence-corrected chi connectivity index (χ3v) is 4.86. The molecule has 0 radical (unpaired) electrons. The number of carbonyl (C=O) groups excluding carboxylic acids is 2. The molecule has 1 aromatic heterocycles. The third-order valence-electron chi connectivity index (χ3n) is 4.86. The summed E-state index contributed by atoms with van der Waals surface area (Å²) in [5.74, 6) is -0.616. The zero-order valence-electron chi connectivity index (χ0n) is 18.9. The summed E-state index contributed by atoms with van der Waals surface area (Å²) in [6.45, 7) is 8.55. The zero-order valence-corrected chi connectivity index (χ0v) is 18.9. The second-order valence-corrected chi connectivity index (χ2v) is 8.29. The average Bonchev–Trinajstić information content (AvgIpc) is 2.69. The lowest BCUT2D eigenvalue weighted by molar-refractivity contribution is -0.143. The predicted molar refractivity (Wildman–Crippen MR) is 116 cm³/mol. The van der Waals surface area contributed by atoms with Crippen LogP contribution in [0.4, 0.5) is 4.79 Å². The number of ether oxygens (including phenoxy) is 2. The number of esters is 1. The Morgan fingerprint density at radius 2 is 1.68 bits per heavy atom. The van der Waals surface area contributed by atoms with Gasteiger partial charge in [0.2, 0.25) is 0 Å². The minimum atomic E-state index is -0.956. The molecule has 168 valence electrons. The van der Waals surface area contributed by atoms with Gasteiger partial charge in [0.15, 0.2) is 0 Å². The molecule has 9 nitrogen and oxygen atoms in total. The van der Waals surface area contributed by atoms with E-state index in [-0.39, 0.29) is 12.0 Å². The highest BCUT2D eigenvalue weighted by molar-refractivity contribution is 5.81. The summed E-state index contributed by atoms with van der Waals surface area (Å²) in [4.78, 5) is 49.4. The minimum Gasteiger partial charge on any atom is -0.467 e. The van der Waals surface area contributed by atoms with Gasteiger partial charge in [0.25, 0.3) is 5.56 Å². The van der Waals surface area contributed by atoms with Crippen LogP contribution in [0.5, 0.6) is 0 Å². The molecule has 0 aliphatic heterocycles. The van der Waals surface area contributed by atoms with E-state index in [1.54, 1.807) is 65.9 Å². The van der Waals surface area contributed by atoms with Crippen LogP contribution < -0.4 is 16.6 Å². The van der Waals surface area contributed by atoms with Gasteiger partial charge in [0.05, 0.1) is 12.8 Å². The Morgan fingerprint density at radius 3 is 2.19 bits per heavy atom. The van der Waals surface area contributed by atoms with Gasteiger partial charge in [-0.2, -0.15) is 0 Å². The van der Waals surface area contributed by atoms with Crippen LogP contribution in [-0.2, 0) is 27.7 Å². The molecule has 0 saturated heterocycles. The van der Waals surface area contributed by atoms with Gasteiger partial charge in [-0.3, -0.25) is 4.79 Å². The summed E-state index contributed by atoms with van der Waals surface area (Å²) >= 11 is 0. The second kappa shape index (κ2) is 9.20. The SMILES string of the molecule is COC(=O)C(Cc1ccc(-n2c(=O)c(C)c(C)n(C)c2=O)cc1)NC(=O)OC(C)(C)C. The summed E-state index contributed by atoms with van der Waals surface area (Å²) < 4.78 is 12.5. The molecule has 1 N–H and O–H groups in total. The molecule has 1 unspecified atom stereocenters. The number of hydrogen-bond donors (Lipinski definition) is 1. The number of benzene rings is 1. The van der Waals surface area contributed by atoms with Gasteiger partial charge in [-0.15, -0.1) is 0 Å². The Labute approximate surface area is 180 Å². The summed E-state index contributed by atoms with van der Waals surface area (Å²) in [7, 11) is 2.84. The van der Waals surface area contributed by atoms with Crippen LogP contribution in [0.25, 0.3) is 5.69 Å². The molecular weight excluding hydrogens is 402 g/mol. The van der Waals surface area contributed by atoms with Crippen LogP contribution in [-0.4, -0.2) is 39.9 Å². The molecule has 0 spiro atoms. The number of carbonyl (C=O) groups is 2. The van der Waals surface area contributed by atoms with Crippen molar-refractivity contribution < 1.29 is 19.1 Å². The first-order valence-corrected chi connectivity index (χ1v) is 9.81. The highest BCUT2D eigenvalue weighted by Gasteiger charge is 2.25. The molecule has 1 atom stereocenters. The Hall–Kier alpha value is -3.36. The molecule has 9 heteroatoms. The van der Waals surface area contributed by atoms with Gasteiger partial charge >= 0.3 is 17.8 Å². The molecular formula is C22H29N3O6. The van der Waals surface area contributed by atoms with E-state index >= 15 is 0 Å². The van der Waals surface area contributed by atoms with Gasteiger partial charge in [-0.1, -0.05) is 12.1 Å². The summed E-state index contributed by atoms with van der Waals surface area (Å²) in [6, 6.07) is 5.65. The van der Waals surface area contributed by atoms with Crippen molar-refractivity contribution in [2.75, 3.05) is 7.11 Å². The van der Waals surface area contributed by atoms with Crippen LogP contribution in [0, 0.1) is 13.8 Å². The van der Waals surface area contributed by atoms with Gasteiger partial charge in [0, 0.05) is 24.7 Å². The fourth-order valence-electron chi connectivity index (χ4n) is 2.98. The van der Waals surface area contributed by atoms with E-state index < -0.39 is 29.4 Å². The topological polar surface area (TPSA) is 109 Å². The molecule has 0 saturated carbocycles. The zero-order chi connectivity index (χ0) is 23.5. The van der Waals surface area contributed by atoms with Crippen molar-refractivity contribution in [2.45, 2.75) is 52.7 Å². The summed E-state index contributed by atoms with van der Waals surface area (Å²) in [5.41, 5.74) is 0.664. The first-order valence-electron chi connectivity index (χ1n) is 9.81. The molecule has 1 heterocycles. The van der Waals surface area contributed by atoms with Crippen LogP contribution in [0.2, 0.25) is 0 Å². The van der Waals surface area contributed by atoms with E-state index in [0.29, 0.717) is 22.5 Å². The number of nitrogens with zero attached hydrogens (tertiary/aromatic N) is 2. The van der Waals surface area contributed by atoms with Crippen molar-refractivity contribution in [2.24, 2.45) is 7.05 Å². The average molecular weight is 431 g/mol. The lowest BCUT2D eigenvalue weighted by atomic mass is 10.1. The molecule has 2 aromatic rings. The number of nitrogens with one attached hydrogen (secondary N) is 1. The molecule has 0 fully saturated rings. The van der Waals surface area contributed by atoms with E-state index in [4.69, 9.17) is 9.47 Å². The van der Waals surface area contributed by atoms with Gasteiger partial charge in [-0.05, 0) is 52.3 Å². The summed E-state index contributed by atoms with van der Waals surface area (Å²) in [5, 5.41) is 2.51. The number of hydrogen-bond acceptors (Lipinski definition) is 6. The smallest absolute Gasteiger partial charge is 0.408 e. The summed E-state index contributed by atoms with van der Waals surface area (Å²) in [6.07, 6.45) is -0.587. The van der Waals surface area contributed by atoms with Crippen molar-refractivity contribution >= 4 is 12.1 Å². The molecule has 1 aromatic carbocycles. The maximum atomic E-state index is 12.6. The number of methoxy groups -OCH3 is 1. The van der Waals surface area contributed by atoms with Gasteiger partial charge in [-0.25, -0.2) is 19.0 Å². The lowest BCUT2D eigenvalue weighted by Gasteiger charge is -2.22. The number of alkyl carbamates (subject to hydrolysis) is 1. The number of rotatable bonds is 5. The highest BCUT2D eigenvalue weighted by atomic mass is 16.6.